The quantitative estimate of drug-likeness (QED) is 0.729. The summed E-state index contributed by atoms with van der Waals surface area (Å²) >= 11 is 6.04. The molecule has 0 unspecified atom stereocenters. The van der Waals surface area contributed by atoms with E-state index in [-0.39, 0.29) is 23.1 Å². The molecule has 1 amide bonds. The molecule has 2 aromatic rings. The SMILES string of the molecule is COc1ccc(Cl)cc1S(=O)(=O)N1CCc2c(c(C(=O)N3CCCC3)nn2C)C1. The number of ether oxygens (including phenoxy) is 1. The number of rotatable bonds is 4. The highest BCUT2D eigenvalue weighted by molar-refractivity contribution is 7.89. The number of methoxy groups -OCH3 is 1. The second-order valence-electron chi connectivity index (χ2n) is 7.28. The number of nitrogens with zero attached hydrogens (tertiary/aromatic N) is 4. The molecule has 29 heavy (non-hydrogen) atoms. The van der Waals surface area contributed by atoms with E-state index in [1.54, 1.807) is 22.7 Å². The number of aryl methyl sites for hydroxylation is 1. The lowest BCUT2D eigenvalue weighted by atomic mass is 10.1. The molecule has 0 spiro atoms. The molecule has 8 nitrogen and oxygen atoms in total. The summed E-state index contributed by atoms with van der Waals surface area (Å²) in [5.41, 5.74) is 1.93. The van der Waals surface area contributed by atoms with Crippen LogP contribution in [0.4, 0.5) is 0 Å². The van der Waals surface area contributed by atoms with Crippen LogP contribution in [-0.2, 0) is 30.0 Å². The van der Waals surface area contributed by atoms with Crippen LogP contribution < -0.4 is 4.74 Å². The highest BCUT2D eigenvalue weighted by Gasteiger charge is 2.36. The Morgan fingerprint density at radius 1 is 1.21 bits per heavy atom. The number of aromatic nitrogens is 2. The molecular formula is C19H23ClN4O4S. The number of hydrogen-bond donors (Lipinski definition) is 0. The van der Waals surface area contributed by atoms with E-state index in [0.717, 1.165) is 18.5 Å². The van der Waals surface area contributed by atoms with Crippen molar-refractivity contribution < 1.29 is 17.9 Å². The summed E-state index contributed by atoms with van der Waals surface area (Å²) < 4.78 is 35.0. The van der Waals surface area contributed by atoms with Crippen molar-refractivity contribution >= 4 is 27.5 Å². The van der Waals surface area contributed by atoms with E-state index in [1.165, 1.54) is 23.5 Å². The lowest BCUT2D eigenvalue weighted by Gasteiger charge is -2.27. The molecule has 156 valence electrons. The Balaban J connectivity index is 1.70. The molecule has 1 aromatic carbocycles. The smallest absolute Gasteiger partial charge is 0.274 e. The van der Waals surface area contributed by atoms with Crippen molar-refractivity contribution in [3.8, 4) is 5.75 Å². The van der Waals surface area contributed by atoms with Crippen LogP contribution >= 0.6 is 11.6 Å². The maximum atomic E-state index is 13.3. The second kappa shape index (κ2) is 7.62. The summed E-state index contributed by atoms with van der Waals surface area (Å²) in [6.07, 6.45) is 2.44. The Hall–Kier alpha value is -2.10. The maximum absolute atomic E-state index is 13.3. The minimum absolute atomic E-state index is 0.0206. The molecule has 3 heterocycles. The molecule has 2 aliphatic heterocycles. The first-order valence-electron chi connectivity index (χ1n) is 9.50. The van der Waals surface area contributed by atoms with Gasteiger partial charge in [0.25, 0.3) is 5.91 Å². The number of hydrogen-bond acceptors (Lipinski definition) is 5. The number of sulfonamides is 1. The van der Waals surface area contributed by atoms with E-state index < -0.39 is 10.0 Å². The topological polar surface area (TPSA) is 84.7 Å². The number of carbonyl (C=O) groups is 1. The number of fused-ring (bicyclic) bond motifs is 1. The molecular weight excluding hydrogens is 416 g/mol. The fourth-order valence-electron chi connectivity index (χ4n) is 4.01. The maximum Gasteiger partial charge on any atom is 0.274 e. The number of amides is 1. The lowest BCUT2D eigenvalue weighted by Crippen LogP contribution is -2.37. The predicted octanol–water partition coefficient (Wildman–Crippen LogP) is 2.07. The number of halogens is 1. The van der Waals surface area contributed by atoms with E-state index >= 15 is 0 Å². The molecule has 0 radical (unpaired) electrons. The van der Waals surface area contributed by atoms with E-state index in [1.807, 2.05) is 0 Å². The van der Waals surface area contributed by atoms with Gasteiger partial charge in [0.05, 0.1) is 7.11 Å². The van der Waals surface area contributed by atoms with Gasteiger partial charge in [-0.25, -0.2) is 8.42 Å². The van der Waals surface area contributed by atoms with Crippen LogP contribution in [0.15, 0.2) is 23.1 Å². The van der Waals surface area contributed by atoms with Gasteiger partial charge in [-0.2, -0.15) is 9.40 Å². The monoisotopic (exact) mass is 438 g/mol. The van der Waals surface area contributed by atoms with Crippen molar-refractivity contribution in [2.75, 3.05) is 26.7 Å². The molecule has 1 aromatic heterocycles. The summed E-state index contributed by atoms with van der Waals surface area (Å²) in [4.78, 5) is 14.8. The zero-order valence-corrected chi connectivity index (χ0v) is 18.0. The van der Waals surface area contributed by atoms with Gasteiger partial charge in [0.2, 0.25) is 10.0 Å². The van der Waals surface area contributed by atoms with Gasteiger partial charge in [0.15, 0.2) is 5.69 Å². The summed E-state index contributed by atoms with van der Waals surface area (Å²) in [5, 5.41) is 4.75. The molecule has 0 N–H and O–H groups in total. The average molecular weight is 439 g/mol. The zero-order valence-electron chi connectivity index (χ0n) is 16.4. The predicted molar refractivity (Wildman–Crippen MR) is 108 cm³/mol. The highest BCUT2D eigenvalue weighted by atomic mass is 35.5. The summed E-state index contributed by atoms with van der Waals surface area (Å²) in [6.45, 7) is 1.82. The Bertz CT molecular complexity index is 1060. The van der Waals surface area contributed by atoms with Crippen LogP contribution in [0.5, 0.6) is 5.75 Å². The molecule has 10 heteroatoms. The molecule has 0 bridgehead atoms. The third kappa shape index (κ3) is 3.51. The fourth-order valence-corrected chi connectivity index (χ4v) is 5.83. The number of benzene rings is 1. The van der Waals surface area contributed by atoms with Gasteiger partial charge in [0.1, 0.15) is 10.6 Å². The van der Waals surface area contributed by atoms with Crippen molar-refractivity contribution in [1.82, 2.24) is 19.0 Å². The van der Waals surface area contributed by atoms with Crippen LogP contribution in [0.1, 0.15) is 34.6 Å². The highest BCUT2D eigenvalue weighted by Crippen LogP contribution is 2.33. The van der Waals surface area contributed by atoms with Gasteiger partial charge in [-0.15, -0.1) is 0 Å². The summed E-state index contributed by atoms with van der Waals surface area (Å²) in [5.74, 6) is 0.110. The van der Waals surface area contributed by atoms with Crippen LogP contribution in [0.25, 0.3) is 0 Å². The molecule has 1 fully saturated rings. The van der Waals surface area contributed by atoms with E-state index in [0.29, 0.717) is 42.3 Å². The Morgan fingerprint density at radius 3 is 2.62 bits per heavy atom. The molecule has 0 atom stereocenters. The second-order valence-corrected chi connectivity index (χ2v) is 9.62. The van der Waals surface area contributed by atoms with Gasteiger partial charge in [-0.3, -0.25) is 9.48 Å². The Labute approximate surface area is 175 Å². The molecule has 4 rings (SSSR count). The zero-order chi connectivity index (χ0) is 20.8. The Morgan fingerprint density at radius 2 is 1.93 bits per heavy atom. The van der Waals surface area contributed by atoms with Gasteiger partial charge in [0, 0.05) is 55.9 Å². The first kappa shape index (κ1) is 20.2. The third-order valence-electron chi connectivity index (χ3n) is 5.55. The van der Waals surface area contributed by atoms with Gasteiger partial charge >= 0.3 is 0 Å². The number of carbonyl (C=O) groups excluding carboxylic acids is 1. The minimum atomic E-state index is -3.86. The van der Waals surface area contributed by atoms with E-state index in [9.17, 15) is 13.2 Å². The van der Waals surface area contributed by atoms with Crippen LogP contribution in [0, 0.1) is 0 Å². The molecule has 1 saturated heterocycles. The Kier molecular flexibility index (Phi) is 5.30. The standard InChI is InChI=1S/C19H23ClN4O4S/c1-22-15-7-10-24(29(26,27)17-11-13(20)5-6-16(17)28-2)12-14(15)18(21-22)19(25)23-8-3-4-9-23/h5-6,11H,3-4,7-10,12H2,1-2H3. The van der Waals surface area contributed by atoms with Crippen LogP contribution in [-0.4, -0.2) is 60.1 Å². The molecule has 0 saturated carbocycles. The van der Waals surface area contributed by atoms with Gasteiger partial charge < -0.3 is 9.64 Å². The largest absolute Gasteiger partial charge is 0.495 e. The number of likely N-dealkylation sites (tertiary alicyclic amines) is 1. The minimum Gasteiger partial charge on any atom is -0.495 e. The summed E-state index contributed by atoms with van der Waals surface area (Å²) in [7, 11) is -0.644. The average Bonchev–Trinajstić information content (AvgIpc) is 3.36. The van der Waals surface area contributed by atoms with E-state index in [4.69, 9.17) is 16.3 Å². The van der Waals surface area contributed by atoms with Crippen LogP contribution in [0.3, 0.4) is 0 Å². The van der Waals surface area contributed by atoms with E-state index in [2.05, 4.69) is 5.10 Å². The van der Waals surface area contributed by atoms with Gasteiger partial charge in [-0.1, -0.05) is 11.6 Å². The normalized spacial score (nSPS) is 17.4. The third-order valence-corrected chi connectivity index (χ3v) is 7.65. The first-order valence-corrected chi connectivity index (χ1v) is 11.3. The van der Waals surface area contributed by atoms with Crippen molar-refractivity contribution in [3.63, 3.8) is 0 Å². The fraction of sp³-hybridized carbons (Fsp3) is 0.474. The van der Waals surface area contributed by atoms with Crippen molar-refractivity contribution in [2.45, 2.75) is 30.7 Å². The van der Waals surface area contributed by atoms with Gasteiger partial charge in [-0.05, 0) is 31.0 Å². The summed E-state index contributed by atoms with van der Waals surface area (Å²) in [6, 6.07) is 4.52. The van der Waals surface area contributed by atoms with Crippen molar-refractivity contribution in [3.05, 3.63) is 40.2 Å². The molecule has 0 aliphatic carbocycles. The lowest BCUT2D eigenvalue weighted by molar-refractivity contribution is 0.0784. The van der Waals surface area contributed by atoms with Crippen molar-refractivity contribution in [1.29, 1.82) is 0 Å². The van der Waals surface area contributed by atoms with Crippen molar-refractivity contribution in [2.24, 2.45) is 7.05 Å². The molecule has 2 aliphatic rings. The first-order chi connectivity index (χ1) is 13.8. The van der Waals surface area contributed by atoms with Crippen LogP contribution in [0.2, 0.25) is 5.02 Å².